The lowest BCUT2D eigenvalue weighted by Crippen LogP contribution is -2.18. The summed E-state index contributed by atoms with van der Waals surface area (Å²) in [5.41, 5.74) is 0.701. The van der Waals surface area contributed by atoms with Gasteiger partial charge in [0.05, 0.1) is 17.9 Å². The quantitative estimate of drug-likeness (QED) is 0.861. The second kappa shape index (κ2) is 5.28. The Labute approximate surface area is 108 Å². The van der Waals surface area contributed by atoms with Crippen molar-refractivity contribution in [1.82, 2.24) is 15.3 Å². The van der Waals surface area contributed by atoms with Crippen molar-refractivity contribution >= 4 is 17.3 Å². The highest BCUT2D eigenvalue weighted by molar-refractivity contribution is 7.11. The van der Waals surface area contributed by atoms with Gasteiger partial charge < -0.3 is 14.8 Å². The number of aromatic carboxylic acids is 1. The summed E-state index contributed by atoms with van der Waals surface area (Å²) in [7, 11) is 0. The Morgan fingerprint density at radius 2 is 2.44 bits per heavy atom. The maximum atomic E-state index is 10.7. The van der Waals surface area contributed by atoms with Crippen LogP contribution in [-0.2, 0) is 6.54 Å². The Morgan fingerprint density at radius 1 is 1.67 bits per heavy atom. The van der Waals surface area contributed by atoms with E-state index in [-0.39, 0.29) is 11.0 Å². The van der Waals surface area contributed by atoms with Gasteiger partial charge in [0.25, 0.3) is 0 Å². The third-order valence-corrected chi connectivity index (χ3v) is 3.21. The fourth-order valence-corrected chi connectivity index (χ4v) is 2.06. The molecule has 0 fully saturated rings. The molecule has 0 aliphatic rings. The van der Waals surface area contributed by atoms with Crippen molar-refractivity contribution in [1.29, 1.82) is 0 Å². The molecule has 96 valence electrons. The Kier molecular flexibility index (Phi) is 3.73. The Morgan fingerprint density at radius 3 is 3.00 bits per heavy atom. The topological polar surface area (TPSA) is 88.2 Å². The smallest absolute Gasteiger partial charge is 0.365 e. The van der Waals surface area contributed by atoms with Gasteiger partial charge in [-0.2, -0.15) is 0 Å². The molecule has 1 unspecified atom stereocenters. The van der Waals surface area contributed by atoms with E-state index in [1.807, 2.05) is 13.8 Å². The summed E-state index contributed by atoms with van der Waals surface area (Å²) in [5.74, 6) is 0.379. The van der Waals surface area contributed by atoms with E-state index in [1.165, 1.54) is 0 Å². The van der Waals surface area contributed by atoms with Crippen LogP contribution in [0.15, 0.2) is 16.0 Å². The molecule has 0 radical (unpaired) electrons. The number of hydrogen-bond acceptors (Lipinski definition) is 6. The van der Waals surface area contributed by atoms with Gasteiger partial charge in [-0.05, 0) is 13.8 Å². The number of nitrogens with one attached hydrogen (secondary N) is 1. The van der Waals surface area contributed by atoms with Crippen LogP contribution in [-0.4, -0.2) is 21.0 Å². The summed E-state index contributed by atoms with van der Waals surface area (Å²) in [5, 5.41) is 13.8. The first-order valence-corrected chi connectivity index (χ1v) is 6.27. The van der Waals surface area contributed by atoms with Crippen molar-refractivity contribution in [3.8, 4) is 0 Å². The zero-order valence-corrected chi connectivity index (χ0v) is 10.8. The van der Waals surface area contributed by atoms with Crippen LogP contribution >= 0.6 is 11.3 Å². The van der Waals surface area contributed by atoms with E-state index in [2.05, 4.69) is 15.3 Å². The van der Waals surface area contributed by atoms with Crippen LogP contribution in [0.5, 0.6) is 0 Å². The average molecular weight is 267 g/mol. The minimum Gasteiger partial charge on any atom is -0.476 e. The van der Waals surface area contributed by atoms with E-state index in [4.69, 9.17) is 9.52 Å². The third-order valence-electron chi connectivity index (χ3n) is 2.33. The highest BCUT2D eigenvalue weighted by Crippen LogP contribution is 2.14. The number of thiazole rings is 1. The summed E-state index contributed by atoms with van der Waals surface area (Å²) in [6, 6.07) is -0.0475. The monoisotopic (exact) mass is 267 g/mol. The second-order valence-electron chi connectivity index (χ2n) is 3.86. The van der Waals surface area contributed by atoms with Crippen LogP contribution in [0.1, 0.15) is 40.1 Å². The van der Waals surface area contributed by atoms with Crippen molar-refractivity contribution in [2.24, 2.45) is 0 Å². The fourth-order valence-electron chi connectivity index (χ4n) is 1.40. The summed E-state index contributed by atoms with van der Waals surface area (Å²) in [6.45, 7) is 4.24. The van der Waals surface area contributed by atoms with E-state index < -0.39 is 5.97 Å². The van der Waals surface area contributed by atoms with Gasteiger partial charge >= 0.3 is 5.97 Å². The van der Waals surface area contributed by atoms with E-state index in [0.29, 0.717) is 18.1 Å². The largest absolute Gasteiger partial charge is 0.476 e. The van der Waals surface area contributed by atoms with Crippen LogP contribution in [0.3, 0.4) is 0 Å². The number of nitrogens with zero attached hydrogens (tertiary/aromatic N) is 2. The molecule has 0 saturated carbocycles. The molecule has 2 aromatic heterocycles. The number of oxazole rings is 1. The zero-order valence-electron chi connectivity index (χ0n) is 10.0. The van der Waals surface area contributed by atoms with E-state index >= 15 is 0 Å². The molecular weight excluding hydrogens is 254 g/mol. The van der Waals surface area contributed by atoms with Gasteiger partial charge in [0.1, 0.15) is 5.76 Å². The number of aryl methyl sites for hydroxylation is 1. The number of rotatable bonds is 5. The molecule has 7 heteroatoms. The van der Waals surface area contributed by atoms with Gasteiger partial charge in [0.15, 0.2) is 0 Å². The predicted octanol–water partition coefficient (Wildman–Crippen LogP) is 1.99. The molecular formula is C11H13N3O3S. The number of carboxylic acid groups (broad SMARTS) is 1. The molecule has 6 nitrogen and oxygen atoms in total. The zero-order chi connectivity index (χ0) is 13.1. The predicted molar refractivity (Wildman–Crippen MR) is 65.6 cm³/mol. The van der Waals surface area contributed by atoms with Crippen LogP contribution in [0.4, 0.5) is 0 Å². The first-order chi connectivity index (χ1) is 8.56. The highest BCUT2D eigenvalue weighted by Gasteiger charge is 2.13. The molecule has 1 atom stereocenters. The molecule has 2 aromatic rings. The number of hydrogen-bond donors (Lipinski definition) is 2. The Bertz CT molecular complexity index is 549. The molecule has 0 aliphatic heterocycles. The molecule has 0 saturated heterocycles. The standard InChI is InChI=1S/C11H13N3O3S/c1-6-3-13-9(17-6)7(2)12-4-8-5-18-10(14-8)11(15)16/h3,5,7,12H,4H2,1-2H3,(H,15,16). The van der Waals surface area contributed by atoms with Gasteiger partial charge in [0.2, 0.25) is 10.9 Å². The van der Waals surface area contributed by atoms with Gasteiger partial charge in [-0.3, -0.25) is 0 Å². The maximum Gasteiger partial charge on any atom is 0.365 e. The first-order valence-electron chi connectivity index (χ1n) is 5.39. The van der Waals surface area contributed by atoms with Crippen LogP contribution < -0.4 is 5.32 Å². The van der Waals surface area contributed by atoms with Crippen LogP contribution in [0.2, 0.25) is 0 Å². The van der Waals surface area contributed by atoms with Gasteiger partial charge in [-0.25, -0.2) is 14.8 Å². The van der Waals surface area contributed by atoms with Gasteiger partial charge in [0, 0.05) is 11.9 Å². The Balaban J connectivity index is 1.92. The molecule has 0 bridgehead atoms. The van der Waals surface area contributed by atoms with Crippen molar-refractivity contribution < 1.29 is 14.3 Å². The van der Waals surface area contributed by atoms with E-state index in [1.54, 1.807) is 11.6 Å². The van der Waals surface area contributed by atoms with Crippen molar-refractivity contribution in [2.45, 2.75) is 26.4 Å². The third kappa shape index (κ3) is 2.93. The van der Waals surface area contributed by atoms with E-state index in [9.17, 15) is 4.79 Å². The summed E-state index contributed by atoms with van der Waals surface area (Å²) in [6.07, 6.45) is 1.67. The lowest BCUT2D eigenvalue weighted by Gasteiger charge is -2.08. The number of carboxylic acids is 1. The minimum absolute atomic E-state index is 0.0475. The van der Waals surface area contributed by atoms with Gasteiger partial charge in [-0.15, -0.1) is 11.3 Å². The van der Waals surface area contributed by atoms with Crippen molar-refractivity contribution in [3.63, 3.8) is 0 Å². The summed E-state index contributed by atoms with van der Waals surface area (Å²) in [4.78, 5) is 18.8. The van der Waals surface area contributed by atoms with Gasteiger partial charge in [-0.1, -0.05) is 0 Å². The summed E-state index contributed by atoms with van der Waals surface area (Å²) < 4.78 is 5.39. The van der Waals surface area contributed by atoms with Crippen molar-refractivity contribution in [3.05, 3.63) is 33.9 Å². The molecule has 0 aliphatic carbocycles. The molecule has 0 amide bonds. The molecule has 2 heterocycles. The first kappa shape index (κ1) is 12.7. The minimum atomic E-state index is -0.998. The number of aromatic nitrogens is 2. The average Bonchev–Trinajstić information content (AvgIpc) is 2.94. The van der Waals surface area contributed by atoms with Crippen molar-refractivity contribution in [2.75, 3.05) is 0 Å². The number of carbonyl (C=O) groups is 1. The maximum absolute atomic E-state index is 10.7. The molecule has 2 rings (SSSR count). The van der Waals surface area contributed by atoms with Crippen LogP contribution in [0.25, 0.3) is 0 Å². The molecule has 18 heavy (non-hydrogen) atoms. The SMILES string of the molecule is Cc1cnc(C(C)NCc2csc(C(=O)O)n2)o1. The lowest BCUT2D eigenvalue weighted by atomic mass is 10.3. The van der Waals surface area contributed by atoms with E-state index in [0.717, 1.165) is 17.1 Å². The normalized spacial score (nSPS) is 12.6. The summed E-state index contributed by atoms with van der Waals surface area (Å²) >= 11 is 1.12. The highest BCUT2D eigenvalue weighted by atomic mass is 32.1. The fraction of sp³-hybridized carbons (Fsp3) is 0.364. The molecule has 2 N–H and O–H groups in total. The lowest BCUT2D eigenvalue weighted by molar-refractivity contribution is 0.0696. The molecule has 0 spiro atoms. The molecule has 0 aromatic carbocycles. The second-order valence-corrected chi connectivity index (χ2v) is 4.72. The van der Waals surface area contributed by atoms with Crippen LogP contribution in [0, 0.1) is 6.92 Å². The Hall–Kier alpha value is -1.73.